The monoisotopic (exact) mass is 784 g/mol. The van der Waals surface area contributed by atoms with Crippen LogP contribution in [0, 0.1) is 0 Å². The highest BCUT2D eigenvalue weighted by molar-refractivity contribution is 5.18. The zero-order valence-electron chi connectivity index (χ0n) is 33.3. The normalized spacial score (nSPS) is 28.9. The average Bonchev–Trinajstić information content (AvgIpc) is 3.27. The van der Waals surface area contributed by atoms with Crippen molar-refractivity contribution in [3.63, 3.8) is 0 Å². The first kappa shape index (κ1) is 42.8. The van der Waals surface area contributed by atoms with Gasteiger partial charge in [0.1, 0.15) is 48.8 Å². The zero-order chi connectivity index (χ0) is 39.9. The lowest BCUT2D eigenvalue weighted by molar-refractivity contribution is -0.375. The maximum atomic E-state index is 7.08. The van der Waals surface area contributed by atoms with Crippen molar-refractivity contribution in [2.24, 2.45) is 0 Å². The fourth-order valence-corrected chi connectivity index (χ4v) is 7.42. The standard InChI is InChI=1S/C46H56O11/c1-6-46(55-32-37-39(47-2)41(48-3)43(49-4)45(50-5)56-37)44(54-30-36-25-17-10-18-26-36)42(53-29-35-23-15-9-16-24-35)40(52-28-34-21-13-8-14-22-34)38(57-46)31-51-27-33-19-11-7-12-20-33/h6-26,37-45H,1,27-32H2,2-5H3. The molecule has 306 valence electrons. The lowest BCUT2D eigenvalue weighted by Crippen LogP contribution is -2.68. The van der Waals surface area contributed by atoms with E-state index in [0.29, 0.717) is 13.2 Å². The fourth-order valence-electron chi connectivity index (χ4n) is 7.42. The van der Waals surface area contributed by atoms with E-state index in [1.165, 1.54) is 0 Å². The SMILES string of the molecule is C=CC1(OCC2OC(OC)C(OC)C(OC)C2OC)OC(COCc2ccccc2)C(OCc2ccccc2)C(OCc2ccccc2)C1OCc1ccccc1. The van der Waals surface area contributed by atoms with Crippen LogP contribution in [0.3, 0.4) is 0 Å². The van der Waals surface area contributed by atoms with E-state index in [2.05, 4.69) is 6.58 Å². The van der Waals surface area contributed by atoms with Crippen LogP contribution in [0.2, 0.25) is 0 Å². The van der Waals surface area contributed by atoms with Gasteiger partial charge in [0, 0.05) is 28.4 Å². The second-order valence-corrected chi connectivity index (χ2v) is 14.0. The Morgan fingerprint density at radius 3 is 1.46 bits per heavy atom. The van der Waals surface area contributed by atoms with Crippen LogP contribution >= 0.6 is 0 Å². The molecule has 6 rings (SSSR count). The Hall–Kier alpha value is -3.82. The van der Waals surface area contributed by atoms with E-state index in [-0.39, 0.29) is 26.4 Å². The highest BCUT2D eigenvalue weighted by atomic mass is 16.8. The number of ether oxygens (including phenoxy) is 11. The molecule has 10 unspecified atom stereocenters. The van der Waals surface area contributed by atoms with E-state index in [0.717, 1.165) is 22.3 Å². The van der Waals surface area contributed by atoms with Crippen LogP contribution < -0.4 is 0 Å². The first-order chi connectivity index (χ1) is 28.0. The van der Waals surface area contributed by atoms with Gasteiger partial charge in [0.2, 0.25) is 5.79 Å². The van der Waals surface area contributed by atoms with Crippen molar-refractivity contribution in [2.45, 2.75) is 87.3 Å². The molecule has 2 aliphatic heterocycles. The molecule has 2 fully saturated rings. The molecule has 2 saturated heterocycles. The maximum Gasteiger partial charge on any atom is 0.217 e. The van der Waals surface area contributed by atoms with Crippen LogP contribution in [0.1, 0.15) is 22.3 Å². The molecule has 0 saturated carbocycles. The van der Waals surface area contributed by atoms with Gasteiger partial charge in [-0.25, -0.2) is 0 Å². The summed E-state index contributed by atoms with van der Waals surface area (Å²) < 4.78 is 70.7. The van der Waals surface area contributed by atoms with E-state index in [4.69, 9.17) is 52.1 Å². The van der Waals surface area contributed by atoms with Gasteiger partial charge in [0.25, 0.3) is 0 Å². The number of rotatable bonds is 21. The van der Waals surface area contributed by atoms with E-state index in [1.807, 2.05) is 121 Å². The minimum absolute atomic E-state index is 0.0234. The van der Waals surface area contributed by atoms with Crippen LogP contribution in [0.5, 0.6) is 0 Å². The summed E-state index contributed by atoms with van der Waals surface area (Å²) in [6.07, 6.45) is -4.46. The lowest BCUT2D eigenvalue weighted by atomic mass is 9.91. The summed E-state index contributed by atoms with van der Waals surface area (Å²) >= 11 is 0. The lowest BCUT2D eigenvalue weighted by Gasteiger charge is -2.52. The molecular weight excluding hydrogens is 728 g/mol. The van der Waals surface area contributed by atoms with Crippen molar-refractivity contribution in [1.82, 2.24) is 0 Å². The summed E-state index contributed by atoms with van der Waals surface area (Å²) in [5.41, 5.74) is 3.96. The Morgan fingerprint density at radius 2 is 0.982 bits per heavy atom. The largest absolute Gasteiger partial charge is 0.376 e. The molecule has 0 radical (unpaired) electrons. The third kappa shape index (κ3) is 11.0. The Labute approximate surface area is 336 Å². The highest BCUT2D eigenvalue weighted by Crippen LogP contribution is 2.40. The molecule has 11 nitrogen and oxygen atoms in total. The third-order valence-electron chi connectivity index (χ3n) is 10.4. The van der Waals surface area contributed by atoms with Gasteiger partial charge in [-0.2, -0.15) is 0 Å². The highest BCUT2D eigenvalue weighted by Gasteiger charge is 2.58. The minimum Gasteiger partial charge on any atom is -0.376 e. The first-order valence-corrected chi connectivity index (χ1v) is 19.3. The van der Waals surface area contributed by atoms with E-state index in [1.54, 1.807) is 34.5 Å². The molecule has 0 amide bonds. The van der Waals surface area contributed by atoms with Crippen LogP contribution in [-0.2, 0) is 78.5 Å². The van der Waals surface area contributed by atoms with E-state index >= 15 is 0 Å². The van der Waals surface area contributed by atoms with Crippen LogP contribution in [0.4, 0.5) is 0 Å². The molecule has 0 aromatic heterocycles. The molecule has 4 aromatic carbocycles. The molecule has 0 aliphatic carbocycles. The van der Waals surface area contributed by atoms with Crippen molar-refractivity contribution in [1.29, 1.82) is 0 Å². The Balaban J connectivity index is 1.37. The molecule has 0 spiro atoms. The van der Waals surface area contributed by atoms with Gasteiger partial charge in [0.15, 0.2) is 6.29 Å². The van der Waals surface area contributed by atoms with Gasteiger partial charge >= 0.3 is 0 Å². The van der Waals surface area contributed by atoms with E-state index in [9.17, 15) is 0 Å². The number of hydrogen-bond donors (Lipinski definition) is 0. The minimum atomic E-state index is -1.59. The molecule has 0 N–H and O–H groups in total. The molecule has 10 atom stereocenters. The van der Waals surface area contributed by atoms with Gasteiger partial charge in [0.05, 0.1) is 39.6 Å². The molecule has 2 heterocycles. The fraction of sp³-hybridized carbons (Fsp3) is 0.435. The number of methoxy groups -OCH3 is 4. The first-order valence-electron chi connectivity index (χ1n) is 19.3. The average molecular weight is 785 g/mol. The second kappa shape index (κ2) is 21.8. The van der Waals surface area contributed by atoms with Gasteiger partial charge in [-0.15, -0.1) is 0 Å². The molecule has 4 aromatic rings. The molecule has 11 heteroatoms. The number of hydrogen-bond acceptors (Lipinski definition) is 11. The van der Waals surface area contributed by atoms with Crippen LogP contribution in [0.25, 0.3) is 0 Å². The topological polar surface area (TPSA) is 102 Å². The second-order valence-electron chi connectivity index (χ2n) is 14.0. The Bertz CT molecular complexity index is 1720. The van der Waals surface area contributed by atoms with Crippen molar-refractivity contribution < 1.29 is 52.1 Å². The molecule has 57 heavy (non-hydrogen) atoms. The Morgan fingerprint density at radius 1 is 0.509 bits per heavy atom. The quantitative estimate of drug-likeness (QED) is 0.0847. The van der Waals surface area contributed by atoms with Crippen molar-refractivity contribution in [3.8, 4) is 0 Å². The predicted molar refractivity (Wildman–Crippen MR) is 213 cm³/mol. The molecular formula is C46H56O11. The van der Waals surface area contributed by atoms with Crippen molar-refractivity contribution in [2.75, 3.05) is 41.7 Å². The molecule has 2 aliphatic rings. The van der Waals surface area contributed by atoms with E-state index < -0.39 is 60.9 Å². The van der Waals surface area contributed by atoms with Gasteiger partial charge < -0.3 is 52.1 Å². The predicted octanol–water partition coefficient (Wildman–Crippen LogP) is 6.67. The maximum absolute atomic E-state index is 7.08. The van der Waals surface area contributed by atoms with Crippen molar-refractivity contribution in [3.05, 3.63) is 156 Å². The van der Waals surface area contributed by atoms with Crippen LogP contribution in [-0.4, -0.2) is 103 Å². The zero-order valence-corrected chi connectivity index (χ0v) is 33.3. The van der Waals surface area contributed by atoms with Crippen LogP contribution in [0.15, 0.2) is 134 Å². The summed E-state index contributed by atoms with van der Waals surface area (Å²) in [4.78, 5) is 0. The Kier molecular flexibility index (Phi) is 16.4. The summed E-state index contributed by atoms with van der Waals surface area (Å²) in [6, 6.07) is 39.9. The summed E-state index contributed by atoms with van der Waals surface area (Å²) in [5, 5.41) is 0. The third-order valence-corrected chi connectivity index (χ3v) is 10.4. The number of benzene rings is 4. The summed E-state index contributed by atoms with van der Waals surface area (Å²) in [6.45, 7) is 5.56. The summed E-state index contributed by atoms with van der Waals surface area (Å²) in [7, 11) is 6.34. The van der Waals surface area contributed by atoms with Gasteiger partial charge in [-0.05, 0) is 28.3 Å². The van der Waals surface area contributed by atoms with Gasteiger partial charge in [-0.3, -0.25) is 0 Å². The van der Waals surface area contributed by atoms with Crippen molar-refractivity contribution >= 4 is 0 Å². The van der Waals surface area contributed by atoms with Gasteiger partial charge in [-0.1, -0.05) is 128 Å². The smallest absolute Gasteiger partial charge is 0.217 e. The molecule has 0 bridgehead atoms. The summed E-state index contributed by atoms with van der Waals surface area (Å²) in [5.74, 6) is -1.59.